The number of hydrogen-bond acceptors (Lipinski definition) is 4. The number of nitro benzene ring substituents is 1. The molecule has 6 nitrogen and oxygen atoms in total. The van der Waals surface area contributed by atoms with Crippen molar-refractivity contribution >= 4 is 11.7 Å². The van der Waals surface area contributed by atoms with Gasteiger partial charge < -0.3 is 9.84 Å². The topological polar surface area (TPSA) is 89.7 Å². The standard InChI is InChI=1S/C8H6FNO5/c9-5-1-2-6(10(13)14)7(3-5)15-4-8(11)12/h1-3H,4H2,(H,11,12). The predicted molar refractivity (Wildman–Crippen MR) is 46.2 cm³/mol. The maximum Gasteiger partial charge on any atom is 0.341 e. The minimum atomic E-state index is -1.30. The van der Waals surface area contributed by atoms with Gasteiger partial charge in [-0.25, -0.2) is 9.18 Å². The van der Waals surface area contributed by atoms with Crippen molar-refractivity contribution in [1.29, 1.82) is 0 Å². The highest BCUT2D eigenvalue weighted by atomic mass is 19.1. The number of ether oxygens (including phenoxy) is 1. The van der Waals surface area contributed by atoms with Crippen LogP contribution in [0, 0.1) is 15.9 Å². The molecule has 1 aromatic carbocycles. The molecule has 15 heavy (non-hydrogen) atoms. The largest absolute Gasteiger partial charge is 0.479 e. The second kappa shape index (κ2) is 4.36. The lowest BCUT2D eigenvalue weighted by Crippen LogP contribution is -2.10. The molecule has 0 radical (unpaired) electrons. The average molecular weight is 215 g/mol. The van der Waals surface area contributed by atoms with Crippen LogP contribution in [0.25, 0.3) is 0 Å². The minimum absolute atomic E-state index is 0.401. The summed E-state index contributed by atoms with van der Waals surface area (Å²) in [5, 5.41) is 18.7. The molecule has 0 amide bonds. The van der Waals surface area contributed by atoms with Crippen LogP contribution in [0.2, 0.25) is 0 Å². The Kier molecular flexibility index (Phi) is 3.17. The summed E-state index contributed by atoms with van der Waals surface area (Å²) < 4.78 is 17.2. The molecular weight excluding hydrogens is 209 g/mol. The lowest BCUT2D eigenvalue weighted by atomic mass is 10.3. The molecular formula is C8H6FNO5. The fourth-order valence-corrected chi connectivity index (χ4v) is 0.894. The van der Waals surface area contributed by atoms with Crippen molar-refractivity contribution in [2.75, 3.05) is 6.61 Å². The Hall–Kier alpha value is -2.18. The summed E-state index contributed by atoms with van der Waals surface area (Å²) in [4.78, 5) is 19.8. The van der Waals surface area contributed by atoms with Crippen LogP contribution in [-0.4, -0.2) is 22.6 Å². The van der Waals surface area contributed by atoms with Crippen LogP contribution in [0.15, 0.2) is 18.2 Å². The van der Waals surface area contributed by atoms with E-state index in [-0.39, 0.29) is 0 Å². The highest BCUT2D eigenvalue weighted by molar-refractivity contribution is 5.68. The number of benzene rings is 1. The Morgan fingerprint density at radius 3 is 2.80 bits per heavy atom. The van der Waals surface area contributed by atoms with E-state index in [0.717, 1.165) is 18.2 Å². The molecule has 0 atom stereocenters. The first-order valence-electron chi connectivity index (χ1n) is 3.79. The maximum atomic E-state index is 12.7. The summed E-state index contributed by atoms with van der Waals surface area (Å²) in [6, 6.07) is 2.57. The molecule has 1 rings (SSSR count). The Morgan fingerprint density at radius 1 is 1.60 bits per heavy atom. The van der Waals surface area contributed by atoms with Gasteiger partial charge in [-0.05, 0) is 6.07 Å². The molecule has 7 heteroatoms. The monoisotopic (exact) mass is 215 g/mol. The lowest BCUT2D eigenvalue weighted by molar-refractivity contribution is -0.385. The van der Waals surface area contributed by atoms with Gasteiger partial charge in [0.15, 0.2) is 6.61 Å². The fourth-order valence-electron chi connectivity index (χ4n) is 0.894. The fraction of sp³-hybridized carbons (Fsp3) is 0.125. The van der Waals surface area contributed by atoms with E-state index in [0.29, 0.717) is 0 Å². The maximum absolute atomic E-state index is 12.7. The molecule has 0 fully saturated rings. The summed E-state index contributed by atoms with van der Waals surface area (Å²) in [6.45, 7) is -0.760. The molecule has 0 unspecified atom stereocenters. The van der Waals surface area contributed by atoms with Crippen LogP contribution in [0.3, 0.4) is 0 Å². The van der Waals surface area contributed by atoms with Crippen LogP contribution in [0.5, 0.6) is 5.75 Å². The average Bonchev–Trinajstić information content (AvgIpc) is 2.14. The van der Waals surface area contributed by atoms with Crippen LogP contribution in [-0.2, 0) is 4.79 Å². The summed E-state index contributed by atoms with van der Waals surface area (Å²) in [6.07, 6.45) is 0. The Bertz CT molecular complexity index is 406. The first kappa shape index (κ1) is 10.9. The van der Waals surface area contributed by atoms with E-state index in [2.05, 4.69) is 4.74 Å². The Balaban J connectivity index is 2.96. The molecule has 0 saturated carbocycles. The normalized spacial score (nSPS) is 9.67. The van der Waals surface area contributed by atoms with E-state index < -0.39 is 34.8 Å². The van der Waals surface area contributed by atoms with Gasteiger partial charge in [-0.1, -0.05) is 0 Å². The molecule has 1 aromatic rings. The van der Waals surface area contributed by atoms with Gasteiger partial charge in [-0.2, -0.15) is 0 Å². The van der Waals surface area contributed by atoms with Crippen LogP contribution in [0.4, 0.5) is 10.1 Å². The second-order valence-corrected chi connectivity index (χ2v) is 2.55. The molecule has 80 valence electrons. The molecule has 0 aliphatic rings. The molecule has 0 saturated heterocycles. The van der Waals surface area contributed by atoms with Crippen LogP contribution < -0.4 is 4.74 Å². The van der Waals surface area contributed by atoms with Crippen molar-refractivity contribution < 1.29 is 24.0 Å². The summed E-state index contributed by atoms with van der Waals surface area (Å²) in [5.41, 5.74) is -0.474. The third kappa shape index (κ3) is 2.90. The number of aliphatic carboxylic acids is 1. The third-order valence-electron chi connectivity index (χ3n) is 1.47. The van der Waals surface area contributed by atoms with Crippen molar-refractivity contribution in [3.63, 3.8) is 0 Å². The smallest absolute Gasteiger partial charge is 0.341 e. The van der Waals surface area contributed by atoms with E-state index in [9.17, 15) is 19.3 Å². The number of carboxylic acids is 1. The van der Waals surface area contributed by atoms with Crippen molar-refractivity contribution in [1.82, 2.24) is 0 Å². The molecule has 1 N–H and O–H groups in total. The summed E-state index contributed by atoms with van der Waals surface area (Å²) >= 11 is 0. The van der Waals surface area contributed by atoms with Crippen molar-refractivity contribution in [2.45, 2.75) is 0 Å². The SMILES string of the molecule is O=C(O)COc1cc(F)ccc1[N+](=O)[O-]. The van der Waals surface area contributed by atoms with Crippen molar-refractivity contribution in [3.05, 3.63) is 34.1 Å². The quantitative estimate of drug-likeness (QED) is 0.601. The predicted octanol–water partition coefficient (Wildman–Crippen LogP) is 1.20. The minimum Gasteiger partial charge on any atom is -0.479 e. The van der Waals surface area contributed by atoms with Crippen LogP contribution in [0.1, 0.15) is 0 Å². The van der Waals surface area contributed by atoms with E-state index in [1.165, 1.54) is 0 Å². The first-order chi connectivity index (χ1) is 7.00. The molecule has 0 spiro atoms. The molecule has 0 bridgehead atoms. The van der Waals surface area contributed by atoms with Crippen molar-refractivity contribution in [3.8, 4) is 5.75 Å². The summed E-state index contributed by atoms with van der Waals surface area (Å²) in [7, 11) is 0. The second-order valence-electron chi connectivity index (χ2n) is 2.55. The number of halogens is 1. The molecule has 0 aliphatic heterocycles. The van der Waals surface area contributed by atoms with E-state index in [1.807, 2.05) is 0 Å². The third-order valence-corrected chi connectivity index (χ3v) is 1.47. The van der Waals surface area contributed by atoms with Gasteiger partial charge in [0.2, 0.25) is 5.75 Å². The highest BCUT2D eigenvalue weighted by Gasteiger charge is 2.16. The van der Waals surface area contributed by atoms with Gasteiger partial charge >= 0.3 is 11.7 Å². The first-order valence-corrected chi connectivity index (χ1v) is 3.79. The lowest BCUT2D eigenvalue weighted by Gasteiger charge is -2.03. The number of carbonyl (C=O) groups is 1. The molecule has 0 aromatic heterocycles. The summed E-state index contributed by atoms with van der Waals surface area (Å²) in [5.74, 6) is -2.43. The van der Waals surface area contributed by atoms with E-state index in [4.69, 9.17) is 5.11 Å². The number of nitrogens with zero attached hydrogens (tertiary/aromatic N) is 1. The number of rotatable bonds is 4. The van der Waals surface area contributed by atoms with Crippen molar-refractivity contribution in [2.24, 2.45) is 0 Å². The van der Waals surface area contributed by atoms with Gasteiger partial charge in [-0.15, -0.1) is 0 Å². The zero-order valence-electron chi connectivity index (χ0n) is 7.34. The van der Waals surface area contributed by atoms with E-state index in [1.54, 1.807) is 0 Å². The van der Waals surface area contributed by atoms with Gasteiger partial charge in [0, 0.05) is 12.1 Å². The van der Waals surface area contributed by atoms with E-state index >= 15 is 0 Å². The Labute approximate surface area is 83.0 Å². The van der Waals surface area contributed by atoms with Crippen LogP contribution >= 0.6 is 0 Å². The number of nitro groups is 1. The number of hydrogen-bond donors (Lipinski definition) is 1. The van der Waals surface area contributed by atoms with Gasteiger partial charge in [0.1, 0.15) is 5.82 Å². The highest BCUT2D eigenvalue weighted by Crippen LogP contribution is 2.27. The van der Waals surface area contributed by atoms with Gasteiger partial charge in [0.25, 0.3) is 0 Å². The number of carboxylic acid groups (broad SMARTS) is 1. The molecule has 0 heterocycles. The Morgan fingerprint density at radius 2 is 2.27 bits per heavy atom. The van der Waals surface area contributed by atoms with Gasteiger partial charge in [-0.3, -0.25) is 10.1 Å². The molecule has 0 aliphatic carbocycles. The zero-order chi connectivity index (χ0) is 11.4. The zero-order valence-corrected chi connectivity index (χ0v) is 7.34. The van der Waals surface area contributed by atoms with Gasteiger partial charge in [0.05, 0.1) is 4.92 Å².